The second-order valence-corrected chi connectivity index (χ2v) is 4.79. The Labute approximate surface area is 112 Å². The molecule has 1 heterocycles. The molecular formula is C16H15NO2. The summed E-state index contributed by atoms with van der Waals surface area (Å²) >= 11 is 0. The molecule has 0 spiro atoms. The molecule has 1 aliphatic heterocycles. The highest BCUT2D eigenvalue weighted by Gasteiger charge is 2.31. The fourth-order valence-corrected chi connectivity index (χ4v) is 2.63. The lowest BCUT2D eigenvalue weighted by Crippen LogP contribution is -2.45. The molecule has 0 aromatic heterocycles. The molecule has 0 amide bonds. The number of aliphatic carboxylic acids is 1. The fourth-order valence-electron chi connectivity index (χ4n) is 2.63. The summed E-state index contributed by atoms with van der Waals surface area (Å²) in [5.41, 5.74) is 3.32. The highest BCUT2D eigenvalue weighted by molar-refractivity contribution is 5.79. The molecule has 2 aromatic rings. The molecule has 3 rings (SSSR count). The van der Waals surface area contributed by atoms with Gasteiger partial charge in [-0.05, 0) is 23.3 Å². The SMILES string of the molecule is O=C(O)C1Cc2ccccc2CN1c1ccccc1. The fraction of sp³-hybridized carbons (Fsp3) is 0.188. The predicted molar refractivity (Wildman–Crippen MR) is 74.2 cm³/mol. The van der Waals surface area contributed by atoms with Gasteiger partial charge in [-0.2, -0.15) is 0 Å². The maximum absolute atomic E-state index is 11.5. The van der Waals surface area contributed by atoms with E-state index in [2.05, 4.69) is 6.07 Å². The van der Waals surface area contributed by atoms with Crippen molar-refractivity contribution in [3.8, 4) is 0 Å². The van der Waals surface area contributed by atoms with Gasteiger partial charge >= 0.3 is 5.97 Å². The normalized spacial score (nSPS) is 17.9. The van der Waals surface area contributed by atoms with E-state index < -0.39 is 12.0 Å². The second kappa shape index (κ2) is 4.76. The number of nitrogens with zero attached hydrogens (tertiary/aromatic N) is 1. The Morgan fingerprint density at radius 2 is 1.63 bits per heavy atom. The van der Waals surface area contributed by atoms with Crippen LogP contribution in [0.5, 0.6) is 0 Å². The third-order valence-corrected chi connectivity index (χ3v) is 3.62. The number of carboxylic acids is 1. The molecule has 1 aliphatic rings. The molecule has 1 unspecified atom stereocenters. The molecule has 3 heteroatoms. The lowest BCUT2D eigenvalue weighted by atomic mass is 9.93. The van der Waals surface area contributed by atoms with Crippen LogP contribution in [-0.4, -0.2) is 17.1 Å². The Morgan fingerprint density at radius 1 is 1.00 bits per heavy atom. The van der Waals surface area contributed by atoms with Gasteiger partial charge < -0.3 is 10.0 Å². The first-order valence-corrected chi connectivity index (χ1v) is 6.37. The van der Waals surface area contributed by atoms with Crippen molar-refractivity contribution in [1.82, 2.24) is 0 Å². The minimum Gasteiger partial charge on any atom is -0.480 e. The van der Waals surface area contributed by atoms with E-state index in [4.69, 9.17) is 0 Å². The van der Waals surface area contributed by atoms with Gasteiger partial charge in [0.2, 0.25) is 0 Å². The number of rotatable bonds is 2. The van der Waals surface area contributed by atoms with Crippen LogP contribution in [-0.2, 0) is 17.8 Å². The molecular weight excluding hydrogens is 238 g/mol. The monoisotopic (exact) mass is 253 g/mol. The summed E-state index contributed by atoms with van der Waals surface area (Å²) in [6.07, 6.45) is 0.556. The van der Waals surface area contributed by atoms with Crippen LogP contribution >= 0.6 is 0 Å². The van der Waals surface area contributed by atoms with E-state index in [1.807, 2.05) is 53.4 Å². The van der Waals surface area contributed by atoms with Crippen molar-refractivity contribution >= 4 is 11.7 Å². The molecule has 3 nitrogen and oxygen atoms in total. The van der Waals surface area contributed by atoms with Crippen molar-refractivity contribution in [1.29, 1.82) is 0 Å². The number of anilines is 1. The van der Waals surface area contributed by atoms with Gasteiger partial charge in [0.25, 0.3) is 0 Å². The van der Waals surface area contributed by atoms with Crippen LogP contribution in [0.3, 0.4) is 0 Å². The van der Waals surface area contributed by atoms with Crippen LogP contribution in [0.25, 0.3) is 0 Å². The van der Waals surface area contributed by atoms with E-state index in [1.54, 1.807) is 0 Å². The van der Waals surface area contributed by atoms with Gasteiger partial charge in [0, 0.05) is 18.7 Å². The number of fused-ring (bicyclic) bond motifs is 1. The van der Waals surface area contributed by atoms with Gasteiger partial charge in [-0.15, -0.1) is 0 Å². The van der Waals surface area contributed by atoms with E-state index in [9.17, 15) is 9.90 Å². The third-order valence-electron chi connectivity index (χ3n) is 3.62. The van der Waals surface area contributed by atoms with Crippen LogP contribution < -0.4 is 4.90 Å². The summed E-state index contributed by atoms with van der Waals surface area (Å²) in [6.45, 7) is 0.650. The zero-order valence-electron chi connectivity index (χ0n) is 10.5. The number of benzene rings is 2. The molecule has 1 atom stereocenters. The van der Waals surface area contributed by atoms with Crippen LogP contribution in [0.15, 0.2) is 54.6 Å². The zero-order chi connectivity index (χ0) is 13.2. The minimum atomic E-state index is -0.765. The molecule has 0 radical (unpaired) electrons. The van der Waals surface area contributed by atoms with Crippen molar-refractivity contribution in [3.63, 3.8) is 0 Å². The lowest BCUT2D eigenvalue weighted by molar-refractivity contribution is -0.138. The van der Waals surface area contributed by atoms with Gasteiger partial charge in [0.1, 0.15) is 6.04 Å². The molecule has 0 fully saturated rings. The standard InChI is InChI=1S/C16H15NO2/c18-16(19)15-10-12-6-4-5-7-13(12)11-17(15)14-8-2-1-3-9-14/h1-9,15H,10-11H2,(H,18,19). The second-order valence-electron chi connectivity index (χ2n) is 4.79. The zero-order valence-corrected chi connectivity index (χ0v) is 10.5. The van der Waals surface area contributed by atoms with E-state index in [-0.39, 0.29) is 0 Å². The van der Waals surface area contributed by atoms with E-state index in [0.717, 1.165) is 11.3 Å². The first-order valence-electron chi connectivity index (χ1n) is 6.37. The Bertz CT molecular complexity index is 595. The van der Waals surface area contributed by atoms with E-state index >= 15 is 0 Å². The highest BCUT2D eigenvalue weighted by atomic mass is 16.4. The number of carboxylic acid groups (broad SMARTS) is 1. The largest absolute Gasteiger partial charge is 0.480 e. The molecule has 2 aromatic carbocycles. The molecule has 0 saturated heterocycles. The van der Waals surface area contributed by atoms with E-state index in [0.29, 0.717) is 13.0 Å². The predicted octanol–water partition coefficient (Wildman–Crippen LogP) is 2.70. The van der Waals surface area contributed by atoms with Crippen LogP contribution in [0.1, 0.15) is 11.1 Å². The maximum atomic E-state index is 11.5. The number of para-hydroxylation sites is 1. The summed E-state index contributed by atoms with van der Waals surface area (Å²) in [5, 5.41) is 9.45. The average molecular weight is 253 g/mol. The lowest BCUT2D eigenvalue weighted by Gasteiger charge is -2.36. The van der Waals surface area contributed by atoms with Crippen molar-refractivity contribution in [2.24, 2.45) is 0 Å². The molecule has 96 valence electrons. The van der Waals surface area contributed by atoms with Crippen LogP contribution in [0.2, 0.25) is 0 Å². The van der Waals surface area contributed by atoms with E-state index in [1.165, 1.54) is 5.56 Å². The smallest absolute Gasteiger partial charge is 0.326 e. The summed E-state index contributed by atoms with van der Waals surface area (Å²) in [7, 11) is 0. The van der Waals surface area contributed by atoms with Crippen molar-refractivity contribution in [3.05, 3.63) is 65.7 Å². The Morgan fingerprint density at radius 3 is 2.32 bits per heavy atom. The average Bonchev–Trinajstić information content (AvgIpc) is 2.46. The summed E-state index contributed by atoms with van der Waals surface area (Å²) in [5.74, 6) is -0.765. The van der Waals surface area contributed by atoms with Crippen molar-refractivity contribution in [2.45, 2.75) is 19.0 Å². The Hall–Kier alpha value is -2.29. The summed E-state index contributed by atoms with van der Waals surface area (Å²) in [6, 6.07) is 17.3. The van der Waals surface area contributed by atoms with Gasteiger partial charge in [-0.1, -0.05) is 42.5 Å². The van der Waals surface area contributed by atoms with Gasteiger partial charge in [-0.25, -0.2) is 4.79 Å². The maximum Gasteiger partial charge on any atom is 0.326 e. The van der Waals surface area contributed by atoms with Crippen molar-refractivity contribution in [2.75, 3.05) is 4.90 Å². The highest BCUT2D eigenvalue weighted by Crippen LogP contribution is 2.28. The topological polar surface area (TPSA) is 40.5 Å². The Kier molecular flexibility index (Phi) is 2.95. The van der Waals surface area contributed by atoms with Gasteiger partial charge in [0.15, 0.2) is 0 Å². The van der Waals surface area contributed by atoms with Crippen LogP contribution in [0, 0.1) is 0 Å². The van der Waals surface area contributed by atoms with Gasteiger partial charge in [0.05, 0.1) is 0 Å². The van der Waals surface area contributed by atoms with Crippen molar-refractivity contribution < 1.29 is 9.90 Å². The molecule has 0 aliphatic carbocycles. The first kappa shape index (κ1) is 11.8. The molecule has 0 bridgehead atoms. The molecule has 19 heavy (non-hydrogen) atoms. The quantitative estimate of drug-likeness (QED) is 0.894. The van der Waals surface area contributed by atoms with Gasteiger partial charge in [-0.3, -0.25) is 0 Å². The Balaban J connectivity index is 2.01. The van der Waals surface area contributed by atoms with Crippen LogP contribution in [0.4, 0.5) is 5.69 Å². The summed E-state index contributed by atoms with van der Waals surface area (Å²) < 4.78 is 0. The molecule has 0 saturated carbocycles. The number of carbonyl (C=O) groups is 1. The molecule has 1 N–H and O–H groups in total. The minimum absolute atomic E-state index is 0.489. The number of hydrogen-bond acceptors (Lipinski definition) is 2. The first-order chi connectivity index (χ1) is 9.25. The summed E-state index contributed by atoms with van der Waals surface area (Å²) in [4.78, 5) is 13.5. The number of hydrogen-bond donors (Lipinski definition) is 1. The third kappa shape index (κ3) is 2.19.